The van der Waals surface area contributed by atoms with Crippen molar-refractivity contribution in [2.75, 3.05) is 20.1 Å². The molecule has 0 spiro atoms. The van der Waals surface area contributed by atoms with Gasteiger partial charge in [-0.2, -0.15) is 0 Å². The van der Waals surface area contributed by atoms with Crippen LogP contribution in [0.5, 0.6) is 0 Å². The standard InChI is InChI=1S/C17H27ClN2/c1-14(15-8-4-5-9-16(15)18)20(2)13-17(12-19)10-6-3-7-11-17/h4-5,8-9,14H,3,6-7,10-13,19H2,1-2H3. The van der Waals surface area contributed by atoms with E-state index in [1.165, 1.54) is 37.7 Å². The largest absolute Gasteiger partial charge is 0.330 e. The van der Waals surface area contributed by atoms with Gasteiger partial charge in [-0.3, -0.25) is 4.90 Å². The number of nitrogens with two attached hydrogens (primary N) is 1. The average molecular weight is 295 g/mol. The van der Waals surface area contributed by atoms with Gasteiger partial charge in [0.2, 0.25) is 0 Å². The number of rotatable bonds is 5. The fourth-order valence-electron chi connectivity index (χ4n) is 3.45. The van der Waals surface area contributed by atoms with Gasteiger partial charge in [0.15, 0.2) is 0 Å². The first-order chi connectivity index (χ1) is 9.58. The molecule has 1 unspecified atom stereocenters. The molecular formula is C17H27ClN2. The summed E-state index contributed by atoms with van der Waals surface area (Å²) in [5.74, 6) is 0. The van der Waals surface area contributed by atoms with E-state index in [2.05, 4.69) is 31.0 Å². The van der Waals surface area contributed by atoms with Crippen LogP contribution in [0.3, 0.4) is 0 Å². The highest BCUT2D eigenvalue weighted by molar-refractivity contribution is 6.31. The van der Waals surface area contributed by atoms with Crippen molar-refractivity contribution in [1.82, 2.24) is 4.90 Å². The molecule has 2 N–H and O–H groups in total. The average Bonchev–Trinajstić information content (AvgIpc) is 2.48. The van der Waals surface area contributed by atoms with E-state index in [1.807, 2.05) is 12.1 Å². The molecule has 0 aliphatic heterocycles. The molecule has 20 heavy (non-hydrogen) atoms. The van der Waals surface area contributed by atoms with Gasteiger partial charge in [0, 0.05) is 17.6 Å². The van der Waals surface area contributed by atoms with Gasteiger partial charge in [-0.15, -0.1) is 0 Å². The Kier molecular flexibility index (Phi) is 5.48. The molecule has 1 atom stereocenters. The van der Waals surface area contributed by atoms with Gasteiger partial charge in [0.05, 0.1) is 0 Å². The molecule has 1 aliphatic rings. The van der Waals surface area contributed by atoms with Crippen LogP contribution in [0.1, 0.15) is 50.6 Å². The number of hydrogen-bond donors (Lipinski definition) is 1. The molecular weight excluding hydrogens is 268 g/mol. The van der Waals surface area contributed by atoms with E-state index in [0.29, 0.717) is 11.5 Å². The summed E-state index contributed by atoms with van der Waals surface area (Å²) in [5.41, 5.74) is 7.62. The van der Waals surface area contributed by atoms with Crippen molar-refractivity contribution in [2.24, 2.45) is 11.1 Å². The third kappa shape index (κ3) is 3.55. The molecule has 0 heterocycles. The van der Waals surface area contributed by atoms with Crippen LogP contribution >= 0.6 is 11.6 Å². The van der Waals surface area contributed by atoms with E-state index in [9.17, 15) is 0 Å². The Morgan fingerprint density at radius 3 is 2.50 bits per heavy atom. The summed E-state index contributed by atoms with van der Waals surface area (Å²) in [7, 11) is 2.19. The lowest BCUT2D eigenvalue weighted by Gasteiger charge is -2.41. The fraction of sp³-hybridized carbons (Fsp3) is 0.647. The molecule has 2 rings (SSSR count). The van der Waals surface area contributed by atoms with E-state index >= 15 is 0 Å². The molecule has 112 valence electrons. The first-order valence-electron chi connectivity index (χ1n) is 7.73. The third-order valence-corrected chi connectivity index (χ3v) is 5.29. The van der Waals surface area contributed by atoms with Gasteiger partial charge >= 0.3 is 0 Å². The number of benzene rings is 1. The zero-order valence-corrected chi connectivity index (χ0v) is 13.5. The van der Waals surface area contributed by atoms with Crippen LogP contribution in [0.15, 0.2) is 24.3 Å². The summed E-state index contributed by atoms with van der Waals surface area (Å²) in [4.78, 5) is 2.42. The monoisotopic (exact) mass is 294 g/mol. The van der Waals surface area contributed by atoms with Crippen LogP contribution < -0.4 is 5.73 Å². The van der Waals surface area contributed by atoms with E-state index in [0.717, 1.165) is 18.1 Å². The maximum atomic E-state index is 6.32. The predicted molar refractivity (Wildman–Crippen MR) is 87.1 cm³/mol. The highest BCUT2D eigenvalue weighted by Gasteiger charge is 2.33. The first-order valence-corrected chi connectivity index (χ1v) is 8.10. The van der Waals surface area contributed by atoms with Crippen LogP contribution in [0.25, 0.3) is 0 Å². The number of halogens is 1. The van der Waals surface area contributed by atoms with Crippen molar-refractivity contribution in [1.29, 1.82) is 0 Å². The fourth-order valence-corrected chi connectivity index (χ4v) is 3.74. The van der Waals surface area contributed by atoms with Crippen molar-refractivity contribution < 1.29 is 0 Å². The molecule has 0 bridgehead atoms. The molecule has 3 heteroatoms. The van der Waals surface area contributed by atoms with Crippen LogP contribution in [-0.2, 0) is 0 Å². The maximum Gasteiger partial charge on any atom is 0.0453 e. The van der Waals surface area contributed by atoms with E-state index in [1.54, 1.807) is 0 Å². The van der Waals surface area contributed by atoms with Crippen LogP contribution in [0.2, 0.25) is 5.02 Å². The molecule has 0 amide bonds. The Bertz CT molecular complexity index is 427. The Hall–Kier alpha value is -0.570. The summed E-state index contributed by atoms with van der Waals surface area (Å²) < 4.78 is 0. The van der Waals surface area contributed by atoms with Crippen LogP contribution in [-0.4, -0.2) is 25.0 Å². The maximum absolute atomic E-state index is 6.32. The Morgan fingerprint density at radius 1 is 1.25 bits per heavy atom. The smallest absolute Gasteiger partial charge is 0.0453 e. The molecule has 2 nitrogen and oxygen atoms in total. The number of hydrogen-bond acceptors (Lipinski definition) is 2. The lowest BCUT2D eigenvalue weighted by molar-refractivity contribution is 0.106. The van der Waals surface area contributed by atoms with Gasteiger partial charge in [0.1, 0.15) is 0 Å². The summed E-state index contributed by atoms with van der Waals surface area (Å²) in [5, 5.41) is 0.859. The SMILES string of the molecule is CC(c1ccccc1Cl)N(C)CC1(CN)CCCCC1. The third-order valence-electron chi connectivity index (χ3n) is 4.95. The number of nitrogens with zero attached hydrogens (tertiary/aromatic N) is 1. The minimum atomic E-state index is 0.308. The van der Waals surface area contributed by atoms with Crippen molar-refractivity contribution >= 4 is 11.6 Å². The lowest BCUT2D eigenvalue weighted by atomic mass is 9.73. The highest BCUT2D eigenvalue weighted by Crippen LogP contribution is 2.38. The van der Waals surface area contributed by atoms with Gasteiger partial charge in [0.25, 0.3) is 0 Å². The molecule has 0 aromatic heterocycles. The summed E-state index contributed by atoms with van der Waals surface area (Å²) in [6, 6.07) is 8.47. The van der Waals surface area contributed by atoms with Crippen molar-refractivity contribution in [2.45, 2.75) is 45.1 Å². The Balaban J connectivity index is 2.07. The first kappa shape index (κ1) is 15.8. The van der Waals surface area contributed by atoms with Gasteiger partial charge < -0.3 is 5.73 Å². The zero-order valence-electron chi connectivity index (χ0n) is 12.7. The van der Waals surface area contributed by atoms with E-state index < -0.39 is 0 Å². The molecule has 0 saturated heterocycles. The van der Waals surface area contributed by atoms with Gasteiger partial charge in [-0.05, 0) is 50.4 Å². The Morgan fingerprint density at radius 2 is 1.90 bits per heavy atom. The minimum absolute atomic E-state index is 0.308. The van der Waals surface area contributed by atoms with Crippen LogP contribution in [0.4, 0.5) is 0 Å². The normalized spacial score (nSPS) is 20.1. The molecule has 0 radical (unpaired) electrons. The second kappa shape index (κ2) is 6.93. The van der Waals surface area contributed by atoms with Crippen LogP contribution in [0, 0.1) is 5.41 Å². The molecule has 1 aromatic rings. The van der Waals surface area contributed by atoms with Crippen molar-refractivity contribution in [3.63, 3.8) is 0 Å². The van der Waals surface area contributed by atoms with E-state index in [4.69, 9.17) is 17.3 Å². The highest BCUT2D eigenvalue weighted by atomic mass is 35.5. The Labute approximate surface area is 128 Å². The lowest BCUT2D eigenvalue weighted by Crippen LogP contribution is -2.43. The second-order valence-electron chi connectivity index (χ2n) is 6.38. The summed E-state index contributed by atoms with van der Waals surface area (Å²) in [6.45, 7) is 4.09. The molecule has 1 saturated carbocycles. The topological polar surface area (TPSA) is 29.3 Å². The molecule has 1 aliphatic carbocycles. The van der Waals surface area contributed by atoms with Crippen molar-refractivity contribution in [3.05, 3.63) is 34.9 Å². The van der Waals surface area contributed by atoms with Gasteiger partial charge in [-0.25, -0.2) is 0 Å². The minimum Gasteiger partial charge on any atom is -0.330 e. The summed E-state index contributed by atoms with van der Waals surface area (Å²) >= 11 is 6.32. The quantitative estimate of drug-likeness (QED) is 0.880. The predicted octanol–water partition coefficient (Wildman–Crippen LogP) is 4.24. The zero-order chi connectivity index (χ0) is 14.6. The van der Waals surface area contributed by atoms with E-state index in [-0.39, 0.29) is 0 Å². The molecule has 1 aromatic carbocycles. The molecule has 1 fully saturated rings. The van der Waals surface area contributed by atoms with Gasteiger partial charge in [-0.1, -0.05) is 49.1 Å². The summed E-state index contributed by atoms with van der Waals surface area (Å²) in [6.07, 6.45) is 6.55. The second-order valence-corrected chi connectivity index (χ2v) is 6.78. The van der Waals surface area contributed by atoms with Crippen molar-refractivity contribution in [3.8, 4) is 0 Å².